The molecule has 0 radical (unpaired) electrons. The van der Waals surface area contributed by atoms with Gasteiger partial charge >= 0.3 is 0 Å². The second-order valence-electron chi connectivity index (χ2n) is 6.38. The lowest BCUT2D eigenvalue weighted by atomic mass is 10.2. The Morgan fingerprint density at radius 3 is 2.41 bits per heavy atom. The van der Waals surface area contributed by atoms with E-state index in [0.717, 1.165) is 0 Å². The van der Waals surface area contributed by atoms with Crippen LogP contribution in [0.4, 0.5) is 5.82 Å². The number of nitrogens with zero attached hydrogens (tertiary/aromatic N) is 3. The lowest BCUT2D eigenvalue weighted by Gasteiger charge is -2.36. The van der Waals surface area contributed by atoms with Crippen LogP contribution in [0.2, 0.25) is 5.02 Å². The summed E-state index contributed by atoms with van der Waals surface area (Å²) in [6.07, 6.45) is 0. The van der Waals surface area contributed by atoms with Crippen molar-refractivity contribution in [3.8, 4) is 0 Å². The lowest BCUT2D eigenvalue weighted by molar-refractivity contribution is -0.121. The van der Waals surface area contributed by atoms with Crippen molar-refractivity contribution in [2.75, 3.05) is 31.5 Å². The van der Waals surface area contributed by atoms with Gasteiger partial charge in [0.05, 0.1) is 10.9 Å². The number of aryl methyl sites for hydroxylation is 1. The average molecular weight is 413 g/mol. The second kappa shape index (κ2) is 7.97. The third kappa shape index (κ3) is 4.49. The molecule has 1 saturated heterocycles. The first-order valence-electron chi connectivity index (χ1n) is 8.51. The number of rotatable bonds is 5. The minimum atomic E-state index is -3.57. The number of carbonyl (C=O) groups excluding carboxylic acids is 1. The van der Waals surface area contributed by atoms with E-state index in [4.69, 9.17) is 16.1 Å². The van der Waals surface area contributed by atoms with Crippen LogP contribution in [-0.2, 0) is 14.8 Å². The van der Waals surface area contributed by atoms with Gasteiger partial charge in [0.25, 0.3) is 0 Å². The Labute approximate surface area is 163 Å². The highest BCUT2D eigenvalue weighted by Crippen LogP contribution is 2.20. The van der Waals surface area contributed by atoms with Crippen molar-refractivity contribution < 1.29 is 17.7 Å². The Morgan fingerprint density at radius 2 is 1.85 bits per heavy atom. The highest BCUT2D eigenvalue weighted by Gasteiger charge is 2.32. The minimum Gasteiger partial charge on any atom is -0.360 e. The van der Waals surface area contributed by atoms with E-state index in [1.165, 1.54) is 16.4 Å². The van der Waals surface area contributed by atoms with Gasteiger partial charge in [0.1, 0.15) is 5.76 Å². The quantitative estimate of drug-likeness (QED) is 0.806. The van der Waals surface area contributed by atoms with Gasteiger partial charge in [-0.15, -0.1) is 0 Å². The molecular weight excluding hydrogens is 392 g/mol. The van der Waals surface area contributed by atoms with Gasteiger partial charge in [0, 0.05) is 37.3 Å². The Balaban J connectivity index is 1.59. The van der Waals surface area contributed by atoms with Crippen molar-refractivity contribution in [2.24, 2.45) is 0 Å². The molecule has 1 N–H and O–H groups in total. The number of benzene rings is 1. The number of halogens is 1. The molecule has 27 heavy (non-hydrogen) atoms. The van der Waals surface area contributed by atoms with Crippen molar-refractivity contribution in [2.45, 2.75) is 24.8 Å². The zero-order valence-corrected chi connectivity index (χ0v) is 16.6. The summed E-state index contributed by atoms with van der Waals surface area (Å²) in [7, 11) is -3.57. The average Bonchev–Trinajstić information content (AvgIpc) is 3.06. The molecule has 8 nitrogen and oxygen atoms in total. The number of hydrogen-bond donors (Lipinski definition) is 1. The zero-order chi connectivity index (χ0) is 19.6. The monoisotopic (exact) mass is 412 g/mol. The fourth-order valence-corrected chi connectivity index (χ4v) is 4.46. The zero-order valence-electron chi connectivity index (χ0n) is 15.1. The summed E-state index contributed by atoms with van der Waals surface area (Å²) in [4.78, 5) is 14.5. The van der Waals surface area contributed by atoms with Crippen molar-refractivity contribution >= 4 is 33.3 Å². The topological polar surface area (TPSA) is 95.8 Å². The van der Waals surface area contributed by atoms with Crippen LogP contribution < -0.4 is 5.32 Å². The fourth-order valence-electron chi connectivity index (χ4n) is 2.91. The molecule has 1 fully saturated rings. The number of aromatic nitrogens is 1. The molecule has 3 rings (SSSR count). The van der Waals surface area contributed by atoms with Gasteiger partial charge in [0.15, 0.2) is 5.82 Å². The van der Waals surface area contributed by atoms with E-state index < -0.39 is 16.1 Å². The Bertz CT molecular complexity index is 905. The summed E-state index contributed by atoms with van der Waals surface area (Å²) in [5, 5.41) is 6.93. The van der Waals surface area contributed by atoms with Crippen molar-refractivity contribution in [3.05, 3.63) is 41.1 Å². The summed E-state index contributed by atoms with van der Waals surface area (Å²) in [5.74, 6) is 0.768. The van der Waals surface area contributed by atoms with E-state index in [1.54, 1.807) is 32.0 Å². The molecule has 2 heterocycles. The fraction of sp³-hybridized carbons (Fsp3) is 0.412. The molecule has 2 aromatic rings. The van der Waals surface area contributed by atoms with Gasteiger partial charge in [-0.3, -0.25) is 9.69 Å². The van der Waals surface area contributed by atoms with Crippen LogP contribution in [0, 0.1) is 6.92 Å². The van der Waals surface area contributed by atoms with Gasteiger partial charge in [0.2, 0.25) is 15.9 Å². The molecule has 0 spiro atoms. The summed E-state index contributed by atoms with van der Waals surface area (Å²) < 4.78 is 31.8. The minimum absolute atomic E-state index is 0.211. The molecule has 0 saturated carbocycles. The molecule has 1 aromatic heterocycles. The number of hydrogen-bond acceptors (Lipinski definition) is 6. The van der Waals surface area contributed by atoms with Gasteiger partial charge in [-0.05, 0) is 38.1 Å². The van der Waals surface area contributed by atoms with E-state index in [1.807, 2.05) is 4.90 Å². The van der Waals surface area contributed by atoms with Crippen LogP contribution in [0.5, 0.6) is 0 Å². The van der Waals surface area contributed by atoms with Crippen molar-refractivity contribution in [1.82, 2.24) is 14.4 Å². The predicted octanol–water partition coefficient (Wildman–Crippen LogP) is 1.97. The van der Waals surface area contributed by atoms with Gasteiger partial charge in [-0.1, -0.05) is 16.8 Å². The van der Waals surface area contributed by atoms with E-state index >= 15 is 0 Å². The molecule has 1 aromatic carbocycles. The molecule has 1 aliphatic rings. The molecule has 10 heteroatoms. The van der Waals surface area contributed by atoms with Crippen LogP contribution in [0.3, 0.4) is 0 Å². The number of piperazine rings is 1. The molecule has 0 unspecified atom stereocenters. The van der Waals surface area contributed by atoms with Gasteiger partial charge < -0.3 is 9.84 Å². The van der Waals surface area contributed by atoms with Gasteiger partial charge in [-0.2, -0.15) is 4.31 Å². The van der Waals surface area contributed by atoms with Crippen LogP contribution in [0.15, 0.2) is 39.8 Å². The number of carbonyl (C=O) groups is 1. The first-order chi connectivity index (χ1) is 12.8. The third-order valence-electron chi connectivity index (χ3n) is 4.53. The third-order valence-corrected chi connectivity index (χ3v) is 6.70. The Kier molecular flexibility index (Phi) is 5.85. The standard InChI is InChI=1S/C17H21ClN4O4S/c1-12-11-16(20-26-12)19-17(23)13(2)21-7-9-22(10-8-21)27(24,25)15-5-3-14(18)4-6-15/h3-6,11,13H,7-10H2,1-2H3,(H,19,20,23)/t13-/m1/s1. The maximum absolute atomic E-state index is 12.7. The molecule has 1 aliphatic heterocycles. The van der Waals surface area contributed by atoms with Crippen molar-refractivity contribution in [1.29, 1.82) is 0 Å². The van der Waals surface area contributed by atoms with Crippen molar-refractivity contribution in [3.63, 3.8) is 0 Å². The summed E-state index contributed by atoms with van der Waals surface area (Å²) in [5.41, 5.74) is 0. The normalized spacial score (nSPS) is 17.6. The highest BCUT2D eigenvalue weighted by atomic mass is 35.5. The van der Waals surface area contributed by atoms with Crippen LogP contribution in [0.1, 0.15) is 12.7 Å². The van der Waals surface area contributed by atoms with Gasteiger partial charge in [-0.25, -0.2) is 8.42 Å². The highest BCUT2D eigenvalue weighted by molar-refractivity contribution is 7.89. The number of nitrogens with one attached hydrogen (secondary N) is 1. The smallest absolute Gasteiger partial charge is 0.243 e. The molecule has 0 aliphatic carbocycles. The molecule has 0 bridgehead atoms. The molecule has 1 atom stereocenters. The maximum Gasteiger partial charge on any atom is 0.243 e. The summed E-state index contributed by atoms with van der Waals surface area (Å²) in [6, 6.07) is 7.34. The summed E-state index contributed by atoms with van der Waals surface area (Å²) >= 11 is 5.83. The van der Waals surface area contributed by atoms with E-state index in [-0.39, 0.29) is 10.8 Å². The Morgan fingerprint density at radius 1 is 1.22 bits per heavy atom. The van der Waals surface area contributed by atoms with Crippen LogP contribution in [-0.4, -0.2) is 60.9 Å². The second-order valence-corrected chi connectivity index (χ2v) is 8.76. The first kappa shape index (κ1) is 19.8. The largest absolute Gasteiger partial charge is 0.360 e. The van der Waals surface area contributed by atoms with Crippen LogP contribution >= 0.6 is 11.6 Å². The van der Waals surface area contributed by atoms with E-state index in [9.17, 15) is 13.2 Å². The number of anilines is 1. The summed E-state index contributed by atoms with van der Waals surface area (Å²) in [6.45, 7) is 5.06. The first-order valence-corrected chi connectivity index (χ1v) is 10.3. The maximum atomic E-state index is 12.7. The SMILES string of the molecule is Cc1cc(NC(=O)[C@@H](C)N2CCN(S(=O)(=O)c3ccc(Cl)cc3)CC2)no1. The van der Waals surface area contributed by atoms with E-state index in [2.05, 4.69) is 10.5 Å². The number of sulfonamides is 1. The Hall–Kier alpha value is -1.94. The lowest BCUT2D eigenvalue weighted by Crippen LogP contribution is -2.53. The molecule has 146 valence electrons. The molecular formula is C17H21ClN4O4S. The number of amides is 1. The van der Waals surface area contributed by atoms with Crippen LogP contribution in [0.25, 0.3) is 0 Å². The predicted molar refractivity (Wildman–Crippen MR) is 101 cm³/mol. The van der Waals surface area contributed by atoms with E-state index in [0.29, 0.717) is 42.8 Å². The molecule has 1 amide bonds.